The second kappa shape index (κ2) is 6.23. The lowest BCUT2D eigenvalue weighted by Crippen LogP contribution is -2.39. The molecule has 0 spiro atoms. The Bertz CT molecular complexity index is 874. The smallest absolute Gasteiger partial charge is 0.268 e. The van der Waals surface area contributed by atoms with Crippen molar-refractivity contribution >= 4 is 5.91 Å². The fraction of sp³-hybridized carbons (Fsp3) is 0.400. The number of hydrogen-bond acceptors (Lipinski definition) is 6. The summed E-state index contributed by atoms with van der Waals surface area (Å²) in [5.41, 5.74) is -1.45. The SMILES string of the molecule is Cc1nc(C2CCN(C(=O)c3cc(C#N)c(=O)[nH]c3F)CC2)no1. The van der Waals surface area contributed by atoms with Crippen molar-refractivity contribution in [1.29, 1.82) is 5.26 Å². The number of H-pyrrole nitrogens is 1. The zero-order valence-corrected chi connectivity index (χ0v) is 12.9. The van der Waals surface area contributed by atoms with E-state index < -0.39 is 17.4 Å². The third-order valence-corrected chi connectivity index (χ3v) is 4.03. The average Bonchev–Trinajstić information content (AvgIpc) is 3.01. The van der Waals surface area contributed by atoms with Crippen molar-refractivity contribution in [2.45, 2.75) is 25.7 Å². The monoisotopic (exact) mass is 331 g/mol. The zero-order valence-electron chi connectivity index (χ0n) is 12.9. The van der Waals surface area contributed by atoms with Gasteiger partial charge >= 0.3 is 0 Å². The Morgan fingerprint density at radius 2 is 2.21 bits per heavy atom. The number of carbonyl (C=O) groups is 1. The van der Waals surface area contributed by atoms with E-state index in [1.807, 2.05) is 4.98 Å². The van der Waals surface area contributed by atoms with Crippen LogP contribution in [0.15, 0.2) is 15.4 Å². The van der Waals surface area contributed by atoms with Gasteiger partial charge in [-0.3, -0.25) is 14.6 Å². The van der Waals surface area contributed by atoms with Crippen molar-refractivity contribution < 1.29 is 13.7 Å². The molecule has 0 atom stereocenters. The molecule has 1 fully saturated rings. The van der Waals surface area contributed by atoms with Crippen LogP contribution in [0.1, 0.15) is 46.4 Å². The number of nitriles is 1. The van der Waals surface area contributed by atoms with E-state index in [1.165, 1.54) is 4.90 Å². The molecule has 0 bridgehead atoms. The molecule has 0 unspecified atom stereocenters. The quantitative estimate of drug-likeness (QED) is 0.824. The largest absolute Gasteiger partial charge is 0.340 e. The fourth-order valence-electron chi connectivity index (χ4n) is 2.74. The van der Waals surface area contributed by atoms with Gasteiger partial charge in [-0.25, -0.2) is 0 Å². The zero-order chi connectivity index (χ0) is 17.3. The van der Waals surface area contributed by atoms with Crippen LogP contribution < -0.4 is 5.56 Å². The van der Waals surface area contributed by atoms with Gasteiger partial charge in [-0.15, -0.1) is 0 Å². The van der Waals surface area contributed by atoms with Gasteiger partial charge in [-0.05, 0) is 18.9 Å². The molecule has 1 amide bonds. The summed E-state index contributed by atoms with van der Waals surface area (Å²) in [6.07, 6.45) is 1.25. The Morgan fingerprint density at radius 3 is 2.79 bits per heavy atom. The van der Waals surface area contributed by atoms with Crippen molar-refractivity contribution in [2.24, 2.45) is 0 Å². The summed E-state index contributed by atoms with van der Waals surface area (Å²) in [6.45, 7) is 2.51. The predicted octanol–water partition coefficient (Wildman–Crippen LogP) is 1.10. The van der Waals surface area contributed by atoms with Crippen molar-refractivity contribution in [2.75, 3.05) is 13.1 Å². The van der Waals surface area contributed by atoms with Crippen molar-refractivity contribution in [3.63, 3.8) is 0 Å². The van der Waals surface area contributed by atoms with E-state index in [0.717, 1.165) is 6.07 Å². The molecule has 0 saturated carbocycles. The third-order valence-electron chi connectivity index (χ3n) is 4.03. The summed E-state index contributed by atoms with van der Waals surface area (Å²) in [5, 5.41) is 12.7. The van der Waals surface area contributed by atoms with Crippen LogP contribution in [0.3, 0.4) is 0 Å². The summed E-state index contributed by atoms with van der Waals surface area (Å²) in [5.74, 6) is -0.394. The lowest BCUT2D eigenvalue weighted by Gasteiger charge is -2.30. The number of carbonyl (C=O) groups excluding carboxylic acids is 1. The van der Waals surface area contributed by atoms with Gasteiger partial charge < -0.3 is 9.42 Å². The van der Waals surface area contributed by atoms with Crippen molar-refractivity contribution in [3.8, 4) is 6.07 Å². The van der Waals surface area contributed by atoms with Crippen LogP contribution in [0.4, 0.5) is 4.39 Å². The molecule has 0 aliphatic carbocycles. The molecule has 2 aromatic heterocycles. The molecule has 3 heterocycles. The molecule has 0 aromatic carbocycles. The lowest BCUT2D eigenvalue weighted by molar-refractivity contribution is 0.0704. The molecule has 8 nitrogen and oxygen atoms in total. The lowest BCUT2D eigenvalue weighted by atomic mass is 9.95. The molecule has 1 aliphatic rings. The van der Waals surface area contributed by atoms with Gasteiger partial charge in [0, 0.05) is 25.9 Å². The molecule has 0 radical (unpaired) electrons. The number of piperidine rings is 1. The van der Waals surface area contributed by atoms with Gasteiger partial charge in [0.2, 0.25) is 11.8 Å². The fourth-order valence-corrected chi connectivity index (χ4v) is 2.74. The van der Waals surface area contributed by atoms with Gasteiger partial charge in [0.25, 0.3) is 11.5 Å². The number of halogens is 1. The number of pyridine rings is 1. The van der Waals surface area contributed by atoms with E-state index in [9.17, 15) is 14.0 Å². The average molecular weight is 331 g/mol. The molecule has 1 saturated heterocycles. The number of aromatic amines is 1. The first-order chi connectivity index (χ1) is 11.5. The number of likely N-dealkylation sites (tertiary alicyclic amines) is 1. The normalized spacial score (nSPS) is 15.3. The molecule has 24 heavy (non-hydrogen) atoms. The maximum atomic E-state index is 13.9. The predicted molar refractivity (Wildman–Crippen MR) is 78.6 cm³/mol. The van der Waals surface area contributed by atoms with Crippen LogP contribution in [0.2, 0.25) is 0 Å². The van der Waals surface area contributed by atoms with Gasteiger partial charge in [-0.1, -0.05) is 5.16 Å². The Hall–Kier alpha value is -3.02. The van der Waals surface area contributed by atoms with E-state index >= 15 is 0 Å². The highest BCUT2D eigenvalue weighted by molar-refractivity contribution is 5.94. The minimum atomic E-state index is -1.03. The topological polar surface area (TPSA) is 116 Å². The first-order valence-corrected chi connectivity index (χ1v) is 7.42. The molecule has 124 valence electrons. The van der Waals surface area contributed by atoms with Gasteiger partial charge in [-0.2, -0.15) is 14.6 Å². The Kier molecular flexibility index (Phi) is 4.12. The van der Waals surface area contributed by atoms with E-state index in [1.54, 1.807) is 13.0 Å². The van der Waals surface area contributed by atoms with Crippen LogP contribution in [0.25, 0.3) is 0 Å². The summed E-state index contributed by atoms with van der Waals surface area (Å²) in [4.78, 5) is 31.4. The molecule has 9 heteroatoms. The van der Waals surface area contributed by atoms with Crippen LogP contribution in [0, 0.1) is 24.2 Å². The highest BCUT2D eigenvalue weighted by Crippen LogP contribution is 2.26. The van der Waals surface area contributed by atoms with Crippen LogP contribution in [-0.2, 0) is 0 Å². The number of nitrogens with zero attached hydrogens (tertiary/aromatic N) is 4. The van der Waals surface area contributed by atoms with Crippen molar-refractivity contribution in [3.05, 3.63) is 45.2 Å². The Labute approximate surface area is 135 Å². The van der Waals surface area contributed by atoms with Crippen LogP contribution in [0.5, 0.6) is 0 Å². The standard InChI is InChI=1S/C15H14FN5O3/c1-8-18-13(20-24-8)9-2-4-21(5-3-9)15(23)11-6-10(7-17)14(22)19-12(11)16/h6,9H,2-5H2,1H3,(H,19,22). The Balaban J connectivity index is 1.74. The first-order valence-electron chi connectivity index (χ1n) is 7.42. The van der Waals surface area contributed by atoms with E-state index in [2.05, 4.69) is 10.1 Å². The molecule has 1 N–H and O–H groups in total. The number of aryl methyl sites for hydroxylation is 1. The molecule has 2 aromatic rings. The van der Waals surface area contributed by atoms with Gasteiger partial charge in [0.05, 0.1) is 5.56 Å². The van der Waals surface area contributed by atoms with Crippen molar-refractivity contribution in [1.82, 2.24) is 20.0 Å². The second-order valence-corrected chi connectivity index (χ2v) is 5.59. The van der Waals surface area contributed by atoms with Crippen LogP contribution in [-0.4, -0.2) is 39.0 Å². The van der Waals surface area contributed by atoms with E-state index in [0.29, 0.717) is 37.6 Å². The molecule has 1 aliphatic heterocycles. The number of rotatable bonds is 2. The number of aromatic nitrogens is 3. The minimum absolute atomic E-state index is 0.0848. The third kappa shape index (κ3) is 2.90. The van der Waals surface area contributed by atoms with Gasteiger partial charge in [0.1, 0.15) is 11.6 Å². The van der Waals surface area contributed by atoms with E-state index in [-0.39, 0.29) is 17.0 Å². The van der Waals surface area contributed by atoms with E-state index in [4.69, 9.17) is 9.78 Å². The second-order valence-electron chi connectivity index (χ2n) is 5.59. The number of nitrogens with one attached hydrogen (secondary N) is 1. The molecular weight excluding hydrogens is 317 g/mol. The maximum absolute atomic E-state index is 13.9. The summed E-state index contributed by atoms with van der Waals surface area (Å²) < 4.78 is 18.8. The van der Waals surface area contributed by atoms with Crippen LogP contribution >= 0.6 is 0 Å². The first kappa shape index (κ1) is 15.9. The highest BCUT2D eigenvalue weighted by atomic mass is 19.1. The minimum Gasteiger partial charge on any atom is -0.340 e. The number of hydrogen-bond donors (Lipinski definition) is 1. The Morgan fingerprint density at radius 1 is 1.50 bits per heavy atom. The summed E-state index contributed by atoms with van der Waals surface area (Å²) in [6, 6.07) is 2.63. The summed E-state index contributed by atoms with van der Waals surface area (Å²) >= 11 is 0. The molecular formula is C15H14FN5O3. The summed E-state index contributed by atoms with van der Waals surface area (Å²) in [7, 11) is 0. The molecule has 3 rings (SSSR count). The maximum Gasteiger partial charge on any atom is 0.268 e. The van der Waals surface area contributed by atoms with Gasteiger partial charge in [0.15, 0.2) is 5.82 Å². The number of amides is 1. The highest BCUT2D eigenvalue weighted by Gasteiger charge is 2.29.